The fourth-order valence-electron chi connectivity index (χ4n) is 0.839. The lowest BCUT2D eigenvalue weighted by Gasteiger charge is -2.08. The van der Waals surface area contributed by atoms with Gasteiger partial charge in [-0.2, -0.15) is 13.2 Å². The molecule has 0 saturated carbocycles. The Morgan fingerprint density at radius 1 is 0.938 bits per heavy atom. The Hall–Kier alpha value is -0.370. The highest BCUT2D eigenvalue weighted by Gasteiger charge is 2.25. The van der Waals surface area contributed by atoms with Crippen LogP contribution in [-0.4, -0.2) is 59.4 Å². The van der Waals surface area contributed by atoms with Crippen LogP contribution in [0.3, 0.4) is 0 Å². The Morgan fingerprint density at radius 3 is 2.06 bits per heavy atom. The molecule has 0 aromatic heterocycles. The van der Waals surface area contributed by atoms with E-state index in [1.54, 1.807) is 7.11 Å². The lowest BCUT2D eigenvalue weighted by Crippen LogP contribution is -2.31. The van der Waals surface area contributed by atoms with Crippen molar-refractivity contribution in [2.24, 2.45) is 0 Å². The van der Waals surface area contributed by atoms with Gasteiger partial charge in [-0.1, -0.05) is 0 Å². The second kappa shape index (κ2) is 9.83. The highest BCUT2D eigenvalue weighted by molar-refractivity contribution is 4.54. The standard InChI is InChI=1S/C9H18F3NO3/c1-14-4-5-16-7-6-15-3-2-13-8-9(10,11)12/h13H,2-8H2,1H3. The van der Waals surface area contributed by atoms with Crippen LogP contribution in [0.1, 0.15) is 0 Å². The smallest absolute Gasteiger partial charge is 0.382 e. The van der Waals surface area contributed by atoms with Crippen LogP contribution in [0.2, 0.25) is 0 Å². The Labute approximate surface area is 93.0 Å². The van der Waals surface area contributed by atoms with Gasteiger partial charge in [0.15, 0.2) is 0 Å². The van der Waals surface area contributed by atoms with Gasteiger partial charge in [-0.15, -0.1) is 0 Å². The van der Waals surface area contributed by atoms with Crippen LogP contribution in [0.4, 0.5) is 13.2 Å². The van der Waals surface area contributed by atoms with E-state index < -0.39 is 12.7 Å². The first kappa shape index (κ1) is 15.6. The summed E-state index contributed by atoms with van der Waals surface area (Å²) in [6.45, 7) is 1.24. The lowest BCUT2D eigenvalue weighted by atomic mass is 10.6. The second-order valence-corrected chi connectivity index (χ2v) is 3.01. The van der Waals surface area contributed by atoms with Crippen molar-refractivity contribution < 1.29 is 27.4 Å². The fourth-order valence-corrected chi connectivity index (χ4v) is 0.839. The maximum absolute atomic E-state index is 11.7. The third kappa shape index (κ3) is 13.6. The molecule has 0 aliphatic rings. The van der Waals surface area contributed by atoms with Gasteiger partial charge >= 0.3 is 6.18 Å². The van der Waals surface area contributed by atoms with Crippen LogP contribution in [0.15, 0.2) is 0 Å². The summed E-state index contributed by atoms with van der Waals surface area (Å²) in [5, 5.41) is 2.23. The zero-order chi connectivity index (χ0) is 12.3. The minimum Gasteiger partial charge on any atom is -0.382 e. The molecular weight excluding hydrogens is 227 g/mol. The van der Waals surface area contributed by atoms with Gasteiger partial charge < -0.3 is 19.5 Å². The van der Waals surface area contributed by atoms with Gasteiger partial charge in [0.1, 0.15) is 0 Å². The van der Waals surface area contributed by atoms with E-state index in [2.05, 4.69) is 5.32 Å². The summed E-state index contributed by atoms with van der Waals surface area (Å²) < 4.78 is 49.9. The Bertz CT molecular complexity index is 155. The number of ether oxygens (including phenoxy) is 3. The van der Waals surface area contributed by atoms with Gasteiger partial charge in [-0.3, -0.25) is 0 Å². The molecule has 0 unspecified atom stereocenters. The van der Waals surface area contributed by atoms with Crippen LogP contribution >= 0.6 is 0 Å². The molecule has 0 aliphatic carbocycles. The summed E-state index contributed by atoms with van der Waals surface area (Å²) in [6.07, 6.45) is -4.16. The summed E-state index contributed by atoms with van der Waals surface area (Å²) in [4.78, 5) is 0. The van der Waals surface area contributed by atoms with Gasteiger partial charge in [-0.05, 0) is 0 Å². The molecule has 0 saturated heterocycles. The molecule has 0 amide bonds. The average molecular weight is 245 g/mol. The van der Waals surface area contributed by atoms with E-state index in [0.717, 1.165) is 0 Å². The fraction of sp³-hybridized carbons (Fsp3) is 1.00. The minimum absolute atomic E-state index is 0.178. The molecular formula is C9H18F3NO3. The molecule has 0 fully saturated rings. The van der Waals surface area contributed by atoms with Gasteiger partial charge in [0.2, 0.25) is 0 Å². The first-order valence-corrected chi connectivity index (χ1v) is 4.98. The van der Waals surface area contributed by atoms with E-state index in [4.69, 9.17) is 14.2 Å². The van der Waals surface area contributed by atoms with E-state index in [-0.39, 0.29) is 13.2 Å². The van der Waals surface area contributed by atoms with Crippen molar-refractivity contribution in [3.63, 3.8) is 0 Å². The average Bonchev–Trinajstić information content (AvgIpc) is 2.19. The molecule has 1 N–H and O–H groups in total. The highest BCUT2D eigenvalue weighted by atomic mass is 19.4. The van der Waals surface area contributed by atoms with Crippen LogP contribution in [0.5, 0.6) is 0 Å². The third-order valence-corrected chi connectivity index (χ3v) is 1.55. The van der Waals surface area contributed by atoms with Crippen molar-refractivity contribution in [3.8, 4) is 0 Å². The molecule has 0 radical (unpaired) electrons. The van der Waals surface area contributed by atoms with Crippen molar-refractivity contribution in [1.29, 1.82) is 0 Å². The molecule has 98 valence electrons. The summed E-state index contributed by atoms with van der Waals surface area (Å²) in [6, 6.07) is 0. The minimum atomic E-state index is -4.16. The van der Waals surface area contributed by atoms with Crippen molar-refractivity contribution in [3.05, 3.63) is 0 Å². The second-order valence-electron chi connectivity index (χ2n) is 3.01. The van der Waals surface area contributed by atoms with Gasteiger partial charge in [0.05, 0.1) is 39.6 Å². The normalized spacial score (nSPS) is 12.0. The van der Waals surface area contributed by atoms with Gasteiger partial charge in [0, 0.05) is 13.7 Å². The van der Waals surface area contributed by atoms with Crippen molar-refractivity contribution in [2.75, 3.05) is 53.2 Å². The number of halogens is 3. The molecule has 0 aliphatic heterocycles. The molecule has 16 heavy (non-hydrogen) atoms. The predicted octanol–water partition coefficient (Wildman–Crippen LogP) is 0.818. The van der Waals surface area contributed by atoms with Crippen LogP contribution in [0.25, 0.3) is 0 Å². The first-order valence-electron chi connectivity index (χ1n) is 4.98. The largest absolute Gasteiger partial charge is 0.401 e. The zero-order valence-electron chi connectivity index (χ0n) is 9.31. The van der Waals surface area contributed by atoms with E-state index in [0.29, 0.717) is 26.4 Å². The zero-order valence-corrected chi connectivity index (χ0v) is 9.31. The van der Waals surface area contributed by atoms with E-state index in [1.165, 1.54) is 0 Å². The number of hydrogen-bond donors (Lipinski definition) is 1. The number of nitrogens with one attached hydrogen (secondary N) is 1. The Balaban J connectivity index is 2.99. The van der Waals surface area contributed by atoms with Crippen molar-refractivity contribution in [2.45, 2.75) is 6.18 Å². The van der Waals surface area contributed by atoms with E-state index >= 15 is 0 Å². The molecule has 0 atom stereocenters. The molecule has 0 bridgehead atoms. The quantitative estimate of drug-likeness (QED) is 0.578. The SMILES string of the molecule is COCCOCCOCCNCC(F)(F)F. The Morgan fingerprint density at radius 2 is 1.50 bits per heavy atom. The van der Waals surface area contributed by atoms with Crippen LogP contribution in [0, 0.1) is 0 Å². The molecule has 0 spiro atoms. The van der Waals surface area contributed by atoms with Crippen molar-refractivity contribution >= 4 is 0 Å². The molecule has 0 heterocycles. The summed E-state index contributed by atoms with van der Waals surface area (Å²) in [5.41, 5.74) is 0. The summed E-state index contributed by atoms with van der Waals surface area (Å²) in [5.74, 6) is 0. The molecule has 4 nitrogen and oxygen atoms in total. The van der Waals surface area contributed by atoms with Crippen LogP contribution in [-0.2, 0) is 14.2 Å². The van der Waals surface area contributed by atoms with Gasteiger partial charge in [0.25, 0.3) is 0 Å². The maximum atomic E-state index is 11.7. The highest BCUT2D eigenvalue weighted by Crippen LogP contribution is 2.11. The number of alkyl halides is 3. The Kier molecular flexibility index (Phi) is 9.60. The molecule has 0 rings (SSSR count). The predicted molar refractivity (Wildman–Crippen MR) is 52.4 cm³/mol. The maximum Gasteiger partial charge on any atom is 0.401 e. The third-order valence-electron chi connectivity index (χ3n) is 1.55. The monoisotopic (exact) mass is 245 g/mol. The number of hydrogen-bond acceptors (Lipinski definition) is 4. The van der Waals surface area contributed by atoms with Crippen molar-refractivity contribution in [1.82, 2.24) is 5.32 Å². The summed E-state index contributed by atoms with van der Waals surface area (Å²) >= 11 is 0. The first-order chi connectivity index (χ1) is 7.56. The topological polar surface area (TPSA) is 39.7 Å². The lowest BCUT2D eigenvalue weighted by molar-refractivity contribution is -0.125. The number of methoxy groups -OCH3 is 1. The molecule has 0 aromatic rings. The summed E-state index contributed by atoms with van der Waals surface area (Å²) in [7, 11) is 1.58. The van der Waals surface area contributed by atoms with E-state index in [1.807, 2.05) is 0 Å². The number of rotatable bonds is 10. The van der Waals surface area contributed by atoms with Crippen LogP contribution < -0.4 is 5.32 Å². The molecule has 7 heteroatoms. The molecule has 0 aromatic carbocycles. The van der Waals surface area contributed by atoms with Gasteiger partial charge in [-0.25, -0.2) is 0 Å². The van der Waals surface area contributed by atoms with E-state index in [9.17, 15) is 13.2 Å².